The molecule has 6 atom stereocenters. The van der Waals surface area contributed by atoms with Crippen molar-refractivity contribution in [1.29, 1.82) is 0 Å². The molecular formula is C20H32N2O5. The molecule has 2 rings (SSSR count). The Kier molecular flexibility index (Phi) is 7.03. The summed E-state index contributed by atoms with van der Waals surface area (Å²) < 4.78 is 5.22. The average Bonchev–Trinajstić information content (AvgIpc) is 2.89. The number of ether oxygens (including phenoxy) is 1. The van der Waals surface area contributed by atoms with E-state index in [4.69, 9.17) is 4.74 Å². The van der Waals surface area contributed by atoms with Gasteiger partial charge in [-0.25, -0.2) is 0 Å². The molecule has 2 amide bonds. The number of carbonyl (C=O) groups excluding carboxylic acids is 3. The molecule has 2 aliphatic rings. The predicted octanol–water partition coefficient (Wildman–Crippen LogP) is 1.11. The summed E-state index contributed by atoms with van der Waals surface area (Å²) in [6.07, 6.45) is 4.31. The number of nitrogens with zero attached hydrogens (tertiary/aromatic N) is 1. The fourth-order valence-electron chi connectivity index (χ4n) is 4.32. The van der Waals surface area contributed by atoms with Crippen LogP contribution in [0.2, 0.25) is 0 Å². The molecule has 1 fully saturated rings. The molecule has 1 aliphatic carbocycles. The highest BCUT2D eigenvalue weighted by molar-refractivity contribution is 5.96. The third-order valence-electron chi connectivity index (χ3n) is 5.54. The zero-order chi connectivity index (χ0) is 20.3. The van der Waals surface area contributed by atoms with E-state index < -0.39 is 35.8 Å². The molecule has 0 bridgehead atoms. The zero-order valence-electron chi connectivity index (χ0n) is 16.8. The lowest BCUT2D eigenvalue weighted by atomic mass is 9.70. The largest absolute Gasteiger partial charge is 0.466 e. The second kappa shape index (κ2) is 8.87. The Morgan fingerprint density at radius 2 is 1.96 bits per heavy atom. The Labute approximate surface area is 161 Å². The monoisotopic (exact) mass is 380 g/mol. The molecule has 0 spiro atoms. The van der Waals surface area contributed by atoms with Crippen LogP contribution in [0.1, 0.15) is 41.0 Å². The first-order valence-electron chi connectivity index (χ1n) is 9.86. The third-order valence-corrected chi connectivity index (χ3v) is 5.54. The van der Waals surface area contributed by atoms with Crippen LogP contribution < -0.4 is 5.32 Å². The minimum absolute atomic E-state index is 0.0740. The van der Waals surface area contributed by atoms with Crippen LogP contribution in [0.5, 0.6) is 0 Å². The van der Waals surface area contributed by atoms with Crippen LogP contribution in [-0.4, -0.2) is 59.1 Å². The van der Waals surface area contributed by atoms with Gasteiger partial charge in [0.15, 0.2) is 0 Å². The summed E-state index contributed by atoms with van der Waals surface area (Å²) in [5.41, 5.74) is 0. The Balaban J connectivity index is 2.48. The van der Waals surface area contributed by atoms with E-state index in [-0.39, 0.29) is 37.0 Å². The van der Waals surface area contributed by atoms with Crippen molar-refractivity contribution in [2.24, 2.45) is 23.7 Å². The fraction of sp³-hybridized carbons (Fsp3) is 0.750. The van der Waals surface area contributed by atoms with E-state index in [2.05, 4.69) is 5.32 Å². The van der Waals surface area contributed by atoms with E-state index in [0.717, 1.165) is 0 Å². The molecule has 7 heteroatoms. The summed E-state index contributed by atoms with van der Waals surface area (Å²) in [5.74, 6) is -2.74. The number of likely N-dealkylation sites (tertiary alicyclic amines) is 1. The van der Waals surface area contributed by atoms with Gasteiger partial charge in [0.05, 0.1) is 31.1 Å². The number of carbonyl (C=O) groups is 3. The van der Waals surface area contributed by atoms with Gasteiger partial charge in [0.2, 0.25) is 11.8 Å². The molecule has 2 N–H and O–H groups in total. The van der Waals surface area contributed by atoms with Crippen LogP contribution in [0.15, 0.2) is 12.2 Å². The first-order chi connectivity index (χ1) is 12.8. The first kappa shape index (κ1) is 21.4. The molecule has 0 aromatic rings. The number of fused-ring (bicyclic) bond motifs is 1. The third kappa shape index (κ3) is 4.03. The summed E-state index contributed by atoms with van der Waals surface area (Å²) in [5, 5.41) is 12.7. The minimum atomic E-state index is -0.734. The van der Waals surface area contributed by atoms with E-state index in [1.807, 2.05) is 39.8 Å². The Hall–Kier alpha value is -1.89. The number of amides is 2. The van der Waals surface area contributed by atoms with E-state index in [1.165, 1.54) is 4.90 Å². The molecule has 152 valence electrons. The second-order valence-electron chi connectivity index (χ2n) is 7.72. The van der Waals surface area contributed by atoms with Crippen LogP contribution in [0, 0.1) is 23.7 Å². The highest BCUT2D eigenvalue weighted by Crippen LogP contribution is 2.45. The van der Waals surface area contributed by atoms with Crippen LogP contribution in [-0.2, 0) is 19.1 Å². The number of rotatable bonds is 7. The maximum atomic E-state index is 13.4. The Morgan fingerprint density at radius 1 is 1.30 bits per heavy atom. The molecule has 27 heavy (non-hydrogen) atoms. The van der Waals surface area contributed by atoms with Crippen molar-refractivity contribution in [3.05, 3.63) is 12.2 Å². The molecule has 0 aromatic heterocycles. The maximum Gasteiger partial charge on any atom is 0.310 e. The number of allylic oxidation sites excluding steroid dienone is 1. The van der Waals surface area contributed by atoms with Crippen molar-refractivity contribution in [2.45, 2.75) is 59.2 Å². The molecule has 7 nitrogen and oxygen atoms in total. The Bertz CT molecular complexity index is 599. The van der Waals surface area contributed by atoms with Gasteiger partial charge >= 0.3 is 5.97 Å². The number of hydrogen-bond acceptors (Lipinski definition) is 5. The van der Waals surface area contributed by atoms with Gasteiger partial charge < -0.3 is 20.1 Å². The first-order valence-corrected chi connectivity index (χ1v) is 9.86. The van der Waals surface area contributed by atoms with E-state index in [9.17, 15) is 19.5 Å². The van der Waals surface area contributed by atoms with Crippen molar-refractivity contribution in [1.82, 2.24) is 10.2 Å². The summed E-state index contributed by atoms with van der Waals surface area (Å²) in [6.45, 7) is 9.23. The van der Waals surface area contributed by atoms with Crippen LogP contribution >= 0.6 is 0 Å². The van der Waals surface area contributed by atoms with Crippen LogP contribution in [0.25, 0.3) is 0 Å². The lowest BCUT2D eigenvalue weighted by Gasteiger charge is -2.33. The molecule has 0 saturated carbocycles. The predicted molar refractivity (Wildman–Crippen MR) is 100 cm³/mol. The topological polar surface area (TPSA) is 95.9 Å². The van der Waals surface area contributed by atoms with Gasteiger partial charge in [-0.2, -0.15) is 0 Å². The summed E-state index contributed by atoms with van der Waals surface area (Å²) in [7, 11) is 0. The van der Waals surface area contributed by atoms with Gasteiger partial charge in [-0.1, -0.05) is 26.0 Å². The van der Waals surface area contributed by atoms with Gasteiger partial charge in [0.25, 0.3) is 0 Å². The summed E-state index contributed by atoms with van der Waals surface area (Å²) >= 11 is 0. The standard InChI is InChI=1S/C20H32N2O5/c1-6-13(10-23)22-17(18(24)21-11(3)4)14-9-8-12(5)15(16(14)19(22)25)20(26)27-7-2/h8-9,11-17,23H,6-7,10H2,1-5H3,(H,21,24)/t12-,13+,14+,15-,16-,17+/m1/s1. The van der Waals surface area contributed by atoms with E-state index in [1.54, 1.807) is 6.92 Å². The normalized spacial score (nSPS) is 31.0. The van der Waals surface area contributed by atoms with Crippen molar-refractivity contribution < 1.29 is 24.2 Å². The van der Waals surface area contributed by atoms with Crippen molar-refractivity contribution in [3.63, 3.8) is 0 Å². The number of aliphatic hydroxyl groups excluding tert-OH is 1. The number of nitrogens with one attached hydrogen (secondary N) is 1. The molecule has 1 aliphatic heterocycles. The van der Waals surface area contributed by atoms with Gasteiger partial charge in [-0.05, 0) is 33.1 Å². The lowest BCUT2D eigenvalue weighted by molar-refractivity contribution is -0.155. The molecule has 0 aromatic carbocycles. The molecule has 1 saturated heterocycles. The van der Waals surface area contributed by atoms with Gasteiger partial charge in [-0.15, -0.1) is 0 Å². The minimum Gasteiger partial charge on any atom is -0.466 e. The molecule has 0 unspecified atom stereocenters. The van der Waals surface area contributed by atoms with Crippen molar-refractivity contribution >= 4 is 17.8 Å². The quantitative estimate of drug-likeness (QED) is 0.510. The molecule has 0 radical (unpaired) electrons. The van der Waals surface area contributed by atoms with Crippen LogP contribution in [0.4, 0.5) is 0 Å². The van der Waals surface area contributed by atoms with Gasteiger partial charge in [0, 0.05) is 12.0 Å². The lowest BCUT2D eigenvalue weighted by Crippen LogP contribution is -2.53. The van der Waals surface area contributed by atoms with E-state index >= 15 is 0 Å². The number of esters is 1. The average molecular weight is 380 g/mol. The van der Waals surface area contributed by atoms with Crippen molar-refractivity contribution in [2.75, 3.05) is 13.2 Å². The Morgan fingerprint density at radius 3 is 2.48 bits per heavy atom. The van der Waals surface area contributed by atoms with Gasteiger partial charge in [0.1, 0.15) is 6.04 Å². The van der Waals surface area contributed by atoms with Gasteiger partial charge in [-0.3, -0.25) is 14.4 Å². The fourth-order valence-corrected chi connectivity index (χ4v) is 4.32. The van der Waals surface area contributed by atoms with Crippen LogP contribution in [0.3, 0.4) is 0 Å². The van der Waals surface area contributed by atoms with Crippen molar-refractivity contribution in [3.8, 4) is 0 Å². The zero-order valence-corrected chi connectivity index (χ0v) is 16.8. The SMILES string of the molecule is CCOC(=O)[C@H]1[C@@H]2C(=O)N([C@@H](CC)CO)[C@H](C(=O)NC(C)C)[C@H]2C=C[C@H]1C. The smallest absolute Gasteiger partial charge is 0.310 e. The number of hydrogen-bond donors (Lipinski definition) is 2. The second-order valence-corrected chi connectivity index (χ2v) is 7.72. The summed E-state index contributed by atoms with van der Waals surface area (Å²) in [6, 6.07) is -1.27. The highest BCUT2D eigenvalue weighted by Gasteiger charge is 2.58. The molecular weight excluding hydrogens is 348 g/mol. The highest BCUT2D eigenvalue weighted by atomic mass is 16.5. The maximum absolute atomic E-state index is 13.4. The number of aliphatic hydroxyl groups is 1. The molecule has 1 heterocycles. The van der Waals surface area contributed by atoms with E-state index in [0.29, 0.717) is 6.42 Å². The summed E-state index contributed by atoms with van der Waals surface area (Å²) in [4.78, 5) is 40.4.